The van der Waals surface area contributed by atoms with E-state index in [1.165, 1.54) is 10.8 Å². The summed E-state index contributed by atoms with van der Waals surface area (Å²) in [7, 11) is 0. The highest BCUT2D eigenvalue weighted by Gasteiger charge is 2.21. The van der Waals surface area contributed by atoms with Gasteiger partial charge in [-0.05, 0) is 30.3 Å². The molecule has 0 saturated heterocycles. The van der Waals surface area contributed by atoms with Crippen molar-refractivity contribution >= 4 is 23.4 Å². The van der Waals surface area contributed by atoms with Crippen molar-refractivity contribution in [1.29, 1.82) is 5.26 Å². The molecule has 10 nitrogen and oxygen atoms in total. The van der Waals surface area contributed by atoms with Gasteiger partial charge in [-0.3, -0.25) is 0 Å². The number of anilines is 3. The molecule has 0 bridgehead atoms. The van der Waals surface area contributed by atoms with Crippen molar-refractivity contribution in [1.82, 2.24) is 34.5 Å². The molecule has 0 aliphatic carbocycles. The van der Waals surface area contributed by atoms with Crippen molar-refractivity contribution < 1.29 is 0 Å². The predicted molar refractivity (Wildman–Crippen MR) is 114 cm³/mol. The van der Waals surface area contributed by atoms with Gasteiger partial charge in [0.05, 0.1) is 28.6 Å². The summed E-state index contributed by atoms with van der Waals surface area (Å²) in [6.07, 6.45) is 4.75. The van der Waals surface area contributed by atoms with E-state index in [9.17, 15) is 5.26 Å². The van der Waals surface area contributed by atoms with Gasteiger partial charge in [0.1, 0.15) is 12.1 Å². The molecule has 0 amide bonds. The van der Waals surface area contributed by atoms with Crippen molar-refractivity contribution in [2.75, 3.05) is 11.1 Å². The fourth-order valence-corrected chi connectivity index (χ4v) is 3.18. The SMILES string of the molecule is N#Cc1cccc(-c2nc(N)n3nc(Nc4ccccn4)nc3c2-c2ccncn2)c1. The highest BCUT2D eigenvalue weighted by molar-refractivity contribution is 5.89. The molecule has 0 fully saturated rings. The number of pyridine rings is 1. The molecule has 0 aliphatic rings. The maximum atomic E-state index is 9.31. The summed E-state index contributed by atoms with van der Waals surface area (Å²) >= 11 is 0. The van der Waals surface area contributed by atoms with E-state index in [1.807, 2.05) is 18.2 Å². The summed E-state index contributed by atoms with van der Waals surface area (Å²) < 4.78 is 1.44. The Hall–Kier alpha value is -4.91. The van der Waals surface area contributed by atoms with Gasteiger partial charge >= 0.3 is 0 Å². The summed E-state index contributed by atoms with van der Waals surface area (Å²) in [6.45, 7) is 0. The molecule has 0 radical (unpaired) electrons. The van der Waals surface area contributed by atoms with Crippen molar-refractivity contribution in [3.8, 4) is 28.6 Å². The molecule has 3 N–H and O–H groups in total. The number of benzene rings is 1. The Morgan fingerprint density at radius 1 is 1.00 bits per heavy atom. The lowest BCUT2D eigenvalue weighted by atomic mass is 10.0. The first-order valence-electron chi connectivity index (χ1n) is 9.24. The van der Waals surface area contributed by atoms with Crippen LogP contribution in [0.3, 0.4) is 0 Å². The number of fused-ring (bicyclic) bond motifs is 1. The summed E-state index contributed by atoms with van der Waals surface area (Å²) in [5.41, 5.74) is 9.66. The lowest BCUT2D eigenvalue weighted by molar-refractivity contribution is 0.943. The molecule has 0 atom stereocenters. The van der Waals surface area contributed by atoms with E-state index in [0.29, 0.717) is 45.5 Å². The van der Waals surface area contributed by atoms with Crippen LogP contribution in [0.25, 0.3) is 28.2 Å². The van der Waals surface area contributed by atoms with Crippen molar-refractivity contribution in [2.45, 2.75) is 0 Å². The fourth-order valence-electron chi connectivity index (χ4n) is 3.18. The van der Waals surface area contributed by atoms with Crippen LogP contribution >= 0.6 is 0 Å². The third-order valence-electron chi connectivity index (χ3n) is 4.52. The topological polar surface area (TPSA) is 144 Å². The molecule has 5 aromatic rings. The Morgan fingerprint density at radius 2 is 1.94 bits per heavy atom. The van der Waals surface area contributed by atoms with Gasteiger partial charge in [0.2, 0.25) is 11.9 Å². The summed E-state index contributed by atoms with van der Waals surface area (Å²) in [5.74, 6) is 1.05. The maximum Gasteiger partial charge on any atom is 0.248 e. The molecule has 0 aliphatic heterocycles. The van der Waals surface area contributed by atoms with E-state index in [2.05, 4.69) is 41.4 Å². The number of rotatable bonds is 4. The smallest absolute Gasteiger partial charge is 0.248 e. The third-order valence-corrected chi connectivity index (χ3v) is 4.52. The monoisotopic (exact) mass is 406 g/mol. The maximum absolute atomic E-state index is 9.31. The molecule has 148 valence electrons. The van der Waals surface area contributed by atoms with Crippen LogP contribution < -0.4 is 11.1 Å². The molecule has 0 unspecified atom stereocenters. The Morgan fingerprint density at radius 3 is 2.71 bits per heavy atom. The lowest BCUT2D eigenvalue weighted by Gasteiger charge is -2.11. The average molecular weight is 406 g/mol. The summed E-state index contributed by atoms with van der Waals surface area (Å²) in [5, 5.41) is 16.8. The standard InChI is InChI=1S/C21H14N10/c22-11-13-4-3-5-14(10-13)18-17(15-7-9-24-12-26-15)19-29-21(30-31(19)20(23)28-18)27-16-6-1-2-8-25-16/h1-10,12H,(H2,23,28)(H,25,27,30). The number of nitrogens with zero attached hydrogens (tertiary/aromatic N) is 8. The fraction of sp³-hybridized carbons (Fsp3) is 0. The van der Waals surface area contributed by atoms with E-state index in [4.69, 9.17) is 5.73 Å². The van der Waals surface area contributed by atoms with Crippen LogP contribution in [0.1, 0.15) is 5.56 Å². The number of hydrogen-bond acceptors (Lipinski definition) is 9. The Labute approximate surface area is 176 Å². The van der Waals surface area contributed by atoms with Crippen LogP contribution in [0.5, 0.6) is 0 Å². The molecular formula is C21H14N10. The average Bonchev–Trinajstić information content (AvgIpc) is 3.24. The lowest BCUT2D eigenvalue weighted by Crippen LogP contribution is -2.06. The third kappa shape index (κ3) is 3.36. The minimum absolute atomic E-state index is 0.145. The predicted octanol–water partition coefficient (Wildman–Crippen LogP) is 2.84. The van der Waals surface area contributed by atoms with Crippen molar-refractivity contribution in [3.05, 3.63) is 72.8 Å². The van der Waals surface area contributed by atoms with E-state index in [0.717, 1.165) is 0 Å². The Bertz CT molecular complexity index is 1420. The zero-order chi connectivity index (χ0) is 21.2. The van der Waals surface area contributed by atoms with Crippen LogP contribution in [-0.2, 0) is 0 Å². The quantitative estimate of drug-likeness (QED) is 0.460. The minimum Gasteiger partial charge on any atom is -0.368 e. The zero-order valence-corrected chi connectivity index (χ0v) is 16.0. The zero-order valence-electron chi connectivity index (χ0n) is 16.0. The van der Waals surface area contributed by atoms with Gasteiger partial charge in [-0.1, -0.05) is 18.2 Å². The number of aromatic nitrogens is 7. The van der Waals surface area contributed by atoms with Crippen LogP contribution in [0, 0.1) is 11.3 Å². The van der Waals surface area contributed by atoms with Crippen molar-refractivity contribution in [2.24, 2.45) is 0 Å². The molecular weight excluding hydrogens is 392 g/mol. The van der Waals surface area contributed by atoms with Gasteiger partial charge in [0.15, 0.2) is 5.65 Å². The number of hydrogen-bond donors (Lipinski definition) is 2. The van der Waals surface area contributed by atoms with Gasteiger partial charge in [0, 0.05) is 18.0 Å². The summed E-state index contributed by atoms with van der Waals surface area (Å²) in [6, 6.07) is 16.5. The van der Waals surface area contributed by atoms with Crippen LogP contribution in [-0.4, -0.2) is 34.5 Å². The van der Waals surface area contributed by atoms with Gasteiger partial charge in [0.25, 0.3) is 0 Å². The number of nitriles is 1. The van der Waals surface area contributed by atoms with Crippen molar-refractivity contribution in [3.63, 3.8) is 0 Å². The molecule has 10 heteroatoms. The normalized spacial score (nSPS) is 10.7. The van der Waals surface area contributed by atoms with Crippen LogP contribution in [0.2, 0.25) is 0 Å². The summed E-state index contributed by atoms with van der Waals surface area (Å²) in [4.78, 5) is 21.8. The van der Waals surface area contributed by atoms with E-state index in [-0.39, 0.29) is 5.95 Å². The molecule has 0 spiro atoms. The van der Waals surface area contributed by atoms with Gasteiger partial charge in [-0.15, -0.1) is 5.10 Å². The molecule has 4 aromatic heterocycles. The minimum atomic E-state index is 0.145. The molecule has 0 saturated carbocycles. The first-order chi connectivity index (χ1) is 15.2. The number of nitrogens with two attached hydrogens (primary N) is 1. The largest absolute Gasteiger partial charge is 0.368 e. The first kappa shape index (κ1) is 18.1. The van der Waals surface area contributed by atoms with Crippen LogP contribution in [0.4, 0.5) is 17.7 Å². The highest BCUT2D eigenvalue weighted by atomic mass is 15.4. The number of nitrogens with one attached hydrogen (secondary N) is 1. The van der Waals surface area contributed by atoms with E-state index < -0.39 is 0 Å². The van der Waals surface area contributed by atoms with Gasteiger partial charge < -0.3 is 11.1 Å². The molecule has 1 aromatic carbocycles. The second-order valence-electron chi connectivity index (χ2n) is 6.49. The number of nitrogen functional groups attached to an aromatic ring is 1. The van der Waals surface area contributed by atoms with E-state index >= 15 is 0 Å². The molecule has 4 heterocycles. The Kier molecular flexibility index (Phi) is 4.38. The van der Waals surface area contributed by atoms with Crippen LogP contribution in [0.15, 0.2) is 67.3 Å². The van der Waals surface area contributed by atoms with Gasteiger partial charge in [-0.25, -0.2) is 19.9 Å². The highest BCUT2D eigenvalue weighted by Crippen LogP contribution is 2.34. The van der Waals surface area contributed by atoms with Gasteiger partial charge in [-0.2, -0.15) is 14.8 Å². The second kappa shape index (κ2) is 7.49. The second-order valence-corrected chi connectivity index (χ2v) is 6.49. The first-order valence-corrected chi connectivity index (χ1v) is 9.24. The molecule has 31 heavy (non-hydrogen) atoms. The molecule has 5 rings (SSSR count). The Balaban J connectivity index is 1.76. The van der Waals surface area contributed by atoms with E-state index in [1.54, 1.807) is 42.7 Å².